The number of hydrogen-bond acceptors (Lipinski definition) is 4. The molecule has 0 aliphatic carbocycles. The highest BCUT2D eigenvalue weighted by Crippen LogP contribution is 2.20. The van der Waals surface area contributed by atoms with Crippen molar-refractivity contribution in [3.05, 3.63) is 58.0 Å². The lowest BCUT2D eigenvalue weighted by Gasteiger charge is -2.06. The molecule has 1 heterocycles. The Bertz CT molecular complexity index is 911. The van der Waals surface area contributed by atoms with Crippen LogP contribution in [0.1, 0.15) is 15.6 Å². The fourth-order valence-electron chi connectivity index (χ4n) is 2.19. The number of aryl methyl sites for hydroxylation is 2. The first-order valence-corrected chi connectivity index (χ1v) is 9.17. The Morgan fingerprint density at radius 2 is 1.82 bits per heavy atom. The van der Waals surface area contributed by atoms with Gasteiger partial charge in [-0.15, -0.1) is 11.3 Å². The van der Waals surface area contributed by atoms with E-state index < -0.39 is 10.0 Å². The van der Waals surface area contributed by atoms with Crippen LogP contribution < -0.4 is 4.72 Å². The first-order valence-electron chi connectivity index (χ1n) is 6.87. The highest BCUT2D eigenvalue weighted by molar-refractivity contribution is 7.89. The van der Waals surface area contributed by atoms with Crippen LogP contribution in [0.3, 0.4) is 0 Å². The molecule has 0 spiro atoms. The van der Waals surface area contributed by atoms with Crippen LogP contribution in [0.2, 0.25) is 0 Å². The van der Waals surface area contributed by atoms with Gasteiger partial charge in [-0.1, -0.05) is 30.3 Å². The van der Waals surface area contributed by atoms with Crippen LogP contribution in [0.4, 0.5) is 0 Å². The zero-order chi connectivity index (χ0) is 15.7. The van der Waals surface area contributed by atoms with Crippen molar-refractivity contribution in [2.75, 3.05) is 0 Å². The molecular weight excluding hydrogens is 316 g/mol. The van der Waals surface area contributed by atoms with Gasteiger partial charge in [-0.3, -0.25) is 0 Å². The van der Waals surface area contributed by atoms with Crippen LogP contribution in [-0.4, -0.2) is 13.4 Å². The zero-order valence-electron chi connectivity index (χ0n) is 12.3. The van der Waals surface area contributed by atoms with E-state index in [0.717, 1.165) is 26.4 Å². The third-order valence-corrected chi connectivity index (χ3v) is 5.99. The summed E-state index contributed by atoms with van der Waals surface area (Å²) in [6.07, 6.45) is 0. The number of benzene rings is 2. The van der Waals surface area contributed by atoms with E-state index in [-0.39, 0.29) is 11.4 Å². The summed E-state index contributed by atoms with van der Waals surface area (Å²) in [7, 11) is -3.54. The van der Waals surface area contributed by atoms with Gasteiger partial charge >= 0.3 is 0 Å². The third-order valence-electron chi connectivity index (χ3n) is 3.52. The molecule has 0 fully saturated rings. The van der Waals surface area contributed by atoms with E-state index in [0.29, 0.717) is 0 Å². The smallest absolute Gasteiger partial charge is 0.240 e. The fraction of sp³-hybridized carbons (Fsp3) is 0.188. The molecule has 3 aromatic rings. The predicted octanol–water partition coefficient (Wildman–Crippen LogP) is 3.39. The Hall–Kier alpha value is -1.76. The molecule has 0 radical (unpaired) electrons. The molecule has 6 heteroatoms. The van der Waals surface area contributed by atoms with Crippen molar-refractivity contribution in [1.29, 1.82) is 0 Å². The molecule has 1 aromatic heterocycles. The lowest BCUT2D eigenvalue weighted by Crippen LogP contribution is -2.23. The summed E-state index contributed by atoms with van der Waals surface area (Å²) in [5.41, 5.74) is 0.949. The molecule has 0 saturated heterocycles. The minimum atomic E-state index is -3.54. The van der Waals surface area contributed by atoms with Crippen molar-refractivity contribution in [1.82, 2.24) is 9.71 Å². The van der Waals surface area contributed by atoms with Gasteiger partial charge in [-0.25, -0.2) is 18.1 Å². The maximum absolute atomic E-state index is 12.4. The van der Waals surface area contributed by atoms with Gasteiger partial charge in [0.25, 0.3) is 0 Å². The van der Waals surface area contributed by atoms with Crippen molar-refractivity contribution < 1.29 is 8.42 Å². The molecule has 0 saturated carbocycles. The van der Waals surface area contributed by atoms with E-state index in [2.05, 4.69) is 9.71 Å². The van der Waals surface area contributed by atoms with E-state index in [9.17, 15) is 8.42 Å². The van der Waals surface area contributed by atoms with Crippen molar-refractivity contribution >= 4 is 32.1 Å². The van der Waals surface area contributed by atoms with Gasteiger partial charge in [-0.2, -0.15) is 0 Å². The number of nitrogens with one attached hydrogen (secondary N) is 1. The lowest BCUT2D eigenvalue weighted by atomic mass is 10.1. The quantitative estimate of drug-likeness (QED) is 0.796. The fourth-order valence-corrected chi connectivity index (χ4v) is 4.18. The van der Waals surface area contributed by atoms with Crippen LogP contribution >= 0.6 is 11.3 Å². The van der Waals surface area contributed by atoms with Crippen LogP contribution in [0, 0.1) is 13.8 Å². The molecule has 0 bridgehead atoms. The van der Waals surface area contributed by atoms with Crippen LogP contribution in [0.25, 0.3) is 10.8 Å². The Morgan fingerprint density at radius 3 is 2.50 bits per heavy atom. The van der Waals surface area contributed by atoms with Crippen molar-refractivity contribution in [3.63, 3.8) is 0 Å². The van der Waals surface area contributed by atoms with Gasteiger partial charge in [0.1, 0.15) is 5.01 Å². The molecule has 0 unspecified atom stereocenters. The normalized spacial score (nSPS) is 11.9. The lowest BCUT2D eigenvalue weighted by molar-refractivity contribution is 0.581. The first kappa shape index (κ1) is 15.1. The highest BCUT2D eigenvalue weighted by Gasteiger charge is 2.15. The number of fused-ring (bicyclic) bond motifs is 1. The Kier molecular flexibility index (Phi) is 3.99. The second-order valence-electron chi connectivity index (χ2n) is 5.08. The molecule has 0 aliphatic heterocycles. The number of sulfonamides is 1. The second-order valence-corrected chi connectivity index (χ2v) is 8.14. The van der Waals surface area contributed by atoms with Crippen LogP contribution in [0.5, 0.6) is 0 Å². The number of nitrogens with zero attached hydrogens (tertiary/aromatic N) is 1. The summed E-state index contributed by atoms with van der Waals surface area (Å²) < 4.78 is 27.4. The monoisotopic (exact) mass is 332 g/mol. The van der Waals surface area contributed by atoms with Crippen LogP contribution in [0.15, 0.2) is 47.4 Å². The van der Waals surface area contributed by atoms with Gasteiger partial charge in [-0.05, 0) is 36.8 Å². The van der Waals surface area contributed by atoms with E-state index >= 15 is 0 Å². The van der Waals surface area contributed by atoms with Crippen molar-refractivity contribution in [2.24, 2.45) is 0 Å². The molecule has 3 rings (SSSR count). The van der Waals surface area contributed by atoms with Gasteiger partial charge in [0.2, 0.25) is 10.0 Å². The first-order chi connectivity index (χ1) is 10.5. The van der Waals surface area contributed by atoms with Gasteiger partial charge < -0.3 is 0 Å². The molecule has 22 heavy (non-hydrogen) atoms. The summed E-state index contributed by atoms with van der Waals surface area (Å²) in [4.78, 5) is 5.73. The van der Waals surface area contributed by atoms with E-state index in [1.165, 1.54) is 11.3 Å². The molecular formula is C16H16N2O2S2. The molecule has 2 aromatic carbocycles. The summed E-state index contributed by atoms with van der Waals surface area (Å²) in [5, 5.41) is 2.71. The Labute approximate surface area is 133 Å². The Balaban J connectivity index is 1.84. The molecule has 4 nitrogen and oxygen atoms in total. The molecule has 0 atom stereocenters. The topological polar surface area (TPSA) is 59.1 Å². The number of thiazole rings is 1. The van der Waals surface area contributed by atoms with Crippen LogP contribution in [-0.2, 0) is 16.6 Å². The average Bonchev–Trinajstić information content (AvgIpc) is 2.83. The molecule has 114 valence electrons. The minimum absolute atomic E-state index is 0.217. The van der Waals surface area contributed by atoms with E-state index in [1.54, 1.807) is 12.1 Å². The molecule has 0 amide bonds. The number of rotatable bonds is 4. The molecule has 1 N–H and O–H groups in total. The Morgan fingerprint density at radius 1 is 1.09 bits per heavy atom. The largest absolute Gasteiger partial charge is 0.245 e. The number of aromatic nitrogens is 1. The van der Waals surface area contributed by atoms with Gasteiger partial charge in [0.15, 0.2) is 0 Å². The second kappa shape index (κ2) is 5.79. The summed E-state index contributed by atoms with van der Waals surface area (Å²) >= 11 is 1.51. The third kappa shape index (κ3) is 3.04. The maximum atomic E-state index is 12.4. The average molecular weight is 332 g/mol. The number of hydrogen-bond donors (Lipinski definition) is 1. The standard InChI is InChI=1S/C16H16N2O2S2/c1-11-12(2)21-16(18-11)10-17-22(19,20)15-8-7-13-5-3-4-6-14(13)9-15/h3-9,17H,10H2,1-2H3. The van der Waals surface area contributed by atoms with Crippen molar-refractivity contribution in [3.8, 4) is 0 Å². The molecule has 0 aliphatic rings. The van der Waals surface area contributed by atoms with E-state index in [1.807, 2.05) is 44.2 Å². The van der Waals surface area contributed by atoms with Gasteiger partial charge in [0.05, 0.1) is 17.1 Å². The summed E-state index contributed by atoms with van der Waals surface area (Å²) in [6, 6.07) is 12.8. The highest BCUT2D eigenvalue weighted by atomic mass is 32.2. The van der Waals surface area contributed by atoms with Crippen molar-refractivity contribution in [2.45, 2.75) is 25.3 Å². The zero-order valence-corrected chi connectivity index (χ0v) is 14.0. The summed E-state index contributed by atoms with van der Waals surface area (Å²) in [6.45, 7) is 4.12. The maximum Gasteiger partial charge on any atom is 0.240 e. The predicted molar refractivity (Wildman–Crippen MR) is 89.6 cm³/mol. The van der Waals surface area contributed by atoms with Gasteiger partial charge in [0, 0.05) is 4.88 Å². The van der Waals surface area contributed by atoms with E-state index in [4.69, 9.17) is 0 Å². The summed E-state index contributed by atoms with van der Waals surface area (Å²) in [5.74, 6) is 0. The minimum Gasteiger partial charge on any atom is -0.245 e. The SMILES string of the molecule is Cc1nc(CNS(=O)(=O)c2ccc3ccccc3c2)sc1C.